The number of fused-ring (bicyclic) bond motifs is 1. The number of rotatable bonds is 8. The van der Waals surface area contributed by atoms with Crippen LogP contribution in [0.2, 0.25) is 0 Å². The van der Waals surface area contributed by atoms with Crippen LogP contribution in [0, 0.1) is 5.82 Å². The summed E-state index contributed by atoms with van der Waals surface area (Å²) in [7, 11) is -4.67. The fourth-order valence-electron chi connectivity index (χ4n) is 3.77. The standard InChI is InChI=1S/C24H26FNO4.H2O4S/c1-15(2)26-21-6-4-3-5-20(21)24(16-7-9-17(25)10-8-16)22(26)12-11-18(27)13-19(28)14-23(29)30;1-5(2,3)4/h3-12,15,18-19,27-28H,13-14H2,1-2H3,(H,29,30);(H2,1,2,3,4)/b12-11+;/t18-,19-;/m1./s1. The molecule has 35 heavy (non-hydrogen) atoms. The van der Waals surface area contributed by atoms with Crippen LogP contribution in [-0.4, -0.2) is 55.6 Å². The van der Waals surface area contributed by atoms with Crippen LogP contribution < -0.4 is 0 Å². The second kappa shape index (κ2) is 12.0. The third kappa shape index (κ3) is 8.57. The number of carboxylic acids is 1. The number of aromatic nitrogens is 1. The summed E-state index contributed by atoms with van der Waals surface area (Å²) in [5.41, 5.74) is 3.65. The Kier molecular flexibility index (Phi) is 9.69. The van der Waals surface area contributed by atoms with Crippen molar-refractivity contribution < 1.29 is 42.0 Å². The molecule has 0 radical (unpaired) electrons. The van der Waals surface area contributed by atoms with Crippen molar-refractivity contribution in [1.82, 2.24) is 4.57 Å². The van der Waals surface area contributed by atoms with Gasteiger partial charge in [-0.15, -0.1) is 0 Å². The van der Waals surface area contributed by atoms with Gasteiger partial charge in [-0.1, -0.05) is 36.4 Å². The number of aliphatic hydroxyl groups excluding tert-OH is 2. The number of aliphatic carboxylic acids is 1. The van der Waals surface area contributed by atoms with E-state index in [4.69, 9.17) is 22.6 Å². The number of hydrogen-bond donors (Lipinski definition) is 5. The molecule has 0 saturated carbocycles. The SMILES string of the molecule is CC(C)n1c(/C=C/[C@@H](O)C[C@@H](O)CC(=O)O)c(-c2ccc(F)cc2)c2ccccc21.O=S(=O)(O)O. The summed E-state index contributed by atoms with van der Waals surface area (Å²) in [6.45, 7) is 4.12. The molecule has 1 heterocycles. The Labute approximate surface area is 202 Å². The van der Waals surface area contributed by atoms with Crippen molar-refractivity contribution in [2.75, 3.05) is 0 Å². The maximum Gasteiger partial charge on any atom is 0.394 e. The Balaban J connectivity index is 0.000000784. The lowest BCUT2D eigenvalue weighted by Gasteiger charge is -2.15. The average molecular weight is 510 g/mol. The van der Waals surface area contributed by atoms with Gasteiger partial charge in [0.1, 0.15) is 5.82 Å². The Hall–Kier alpha value is -3.09. The quantitative estimate of drug-likeness (QED) is 0.285. The molecule has 0 amide bonds. The largest absolute Gasteiger partial charge is 0.481 e. The van der Waals surface area contributed by atoms with Crippen molar-refractivity contribution in [1.29, 1.82) is 0 Å². The first kappa shape index (κ1) is 28.1. The lowest BCUT2D eigenvalue weighted by molar-refractivity contribution is -0.139. The highest BCUT2D eigenvalue weighted by molar-refractivity contribution is 7.79. The Bertz CT molecular complexity index is 1270. The molecule has 1 aromatic heterocycles. The zero-order valence-electron chi connectivity index (χ0n) is 19.1. The van der Waals surface area contributed by atoms with Crippen molar-refractivity contribution in [3.05, 3.63) is 66.1 Å². The highest BCUT2D eigenvalue weighted by Gasteiger charge is 2.19. The molecular weight excluding hydrogens is 481 g/mol. The van der Waals surface area contributed by atoms with Crippen molar-refractivity contribution >= 4 is 33.3 Å². The van der Waals surface area contributed by atoms with Gasteiger partial charge in [-0.2, -0.15) is 8.42 Å². The smallest absolute Gasteiger partial charge is 0.394 e. The Morgan fingerprint density at radius 1 is 1.06 bits per heavy atom. The van der Waals surface area contributed by atoms with E-state index in [2.05, 4.69) is 18.4 Å². The Morgan fingerprint density at radius 2 is 1.63 bits per heavy atom. The molecule has 0 saturated heterocycles. The molecule has 5 N–H and O–H groups in total. The van der Waals surface area contributed by atoms with Gasteiger partial charge < -0.3 is 19.9 Å². The molecule has 0 spiro atoms. The number of aliphatic hydroxyl groups is 2. The highest BCUT2D eigenvalue weighted by Crippen LogP contribution is 2.38. The molecule has 2 atom stereocenters. The fraction of sp³-hybridized carbons (Fsp3) is 0.292. The van der Waals surface area contributed by atoms with Gasteiger partial charge in [0.2, 0.25) is 0 Å². The first-order valence-corrected chi connectivity index (χ1v) is 12.0. The molecule has 3 rings (SSSR count). The highest BCUT2D eigenvalue weighted by atomic mass is 32.3. The van der Waals surface area contributed by atoms with Gasteiger partial charge >= 0.3 is 16.4 Å². The maximum atomic E-state index is 13.5. The van der Waals surface area contributed by atoms with Crippen LogP contribution in [0.5, 0.6) is 0 Å². The number of carbonyl (C=O) groups is 1. The number of halogens is 1. The minimum Gasteiger partial charge on any atom is -0.481 e. The topological polar surface area (TPSA) is 157 Å². The van der Waals surface area contributed by atoms with E-state index in [1.165, 1.54) is 12.1 Å². The molecule has 0 aliphatic carbocycles. The Morgan fingerprint density at radius 3 is 2.17 bits per heavy atom. The molecule has 0 unspecified atom stereocenters. The van der Waals surface area contributed by atoms with Crippen LogP contribution in [0.15, 0.2) is 54.6 Å². The molecule has 11 heteroatoms. The number of para-hydroxylation sites is 1. The van der Waals surface area contributed by atoms with E-state index in [0.717, 1.165) is 27.7 Å². The van der Waals surface area contributed by atoms with Crippen molar-refractivity contribution in [2.24, 2.45) is 0 Å². The zero-order valence-corrected chi connectivity index (χ0v) is 19.9. The van der Waals surface area contributed by atoms with Gasteiger partial charge in [-0.05, 0) is 43.7 Å². The fourth-order valence-corrected chi connectivity index (χ4v) is 3.77. The molecule has 3 aromatic rings. The predicted octanol–water partition coefficient (Wildman–Crippen LogP) is 3.98. The molecule has 2 aromatic carbocycles. The first-order chi connectivity index (χ1) is 16.3. The van der Waals surface area contributed by atoms with E-state index in [1.54, 1.807) is 24.3 Å². The summed E-state index contributed by atoms with van der Waals surface area (Å²) < 4.78 is 47.2. The summed E-state index contributed by atoms with van der Waals surface area (Å²) in [4.78, 5) is 10.7. The molecule has 0 aliphatic rings. The average Bonchev–Trinajstić information content (AvgIpc) is 3.05. The second-order valence-corrected chi connectivity index (χ2v) is 9.01. The van der Waals surface area contributed by atoms with Crippen LogP contribution in [0.25, 0.3) is 28.1 Å². The molecular formula is C24H28FNO8S. The lowest BCUT2D eigenvalue weighted by Crippen LogP contribution is -2.19. The third-order valence-electron chi connectivity index (χ3n) is 5.00. The van der Waals surface area contributed by atoms with E-state index >= 15 is 0 Å². The van der Waals surface area contributed by atoms with E-state index in [0.29, 0.717) is 0 Å². The van der Waals surface area contributed by atoms with Gasteiger partial charge in [-0.3, -0.25) is 13.9 Å². The van der Waals surface area contributed by atoms with Crippen molar-refractivity contribution in [3.8, 4) is 11.1 Å². The van der Waals surface area contributed by atoms with Crippen molar-refractivity contribution in [2.45, 2.75) is 44.9 Å². The molecule has 0 bridgehead atoms. The van der Waals surface area contributed by atoms with E-state index in [-0.39, 0.29) is 18.3 Å². The lowest BCUT2D eigenvalue weighted by atomic mass is 10.0. The van der Waals surface area contributed by atoms with Gasteiger partial charge in [0, 0.05) is 34.6 Å². The number of nitrogens with zero attached hydrogens (tertiary/aromatic N) is 1. The summed E-state index contributed by atoms with van der Waals surface area (Å²) in [5.74, 6) is -1.43. The minimum atomic E-state index is -4.67. The van der Waals surface area contributed by atoms with Crippen LogP contribution in [0.4, 0.5) is 4.39 Å². The molecule has 0 aliphatic heterocycles. The minimum absolute atomic E-state index is 0.0728. The molecule has 190 valence electrons. The monoisotopic (exact) mass is 509 g/mol. The van der Waals surface area contributed by atoms with Crippen LogP contribution >= 0.6 is 0 Å². The van der Waals surface area contributed by atoms with Crippen molar-refractivity contribution in [3.63, 3.8) is 0 Å². The van der Waals surface area contributed by atoms with Gasteiger partial charge in [-0.25, -0.2) is 4.39 Å². The third-order valence-corrected chi connectivity index (χ3v) is 5.00. The summed E-state index contributed by atoms with van der Waals surface area (Å²) >= 11 is 0. The number of carboxylic acid groups (broad SMARTS) is 1. The summed E-state index contributed by atoms with van der Waals surface area (Å²) in [5, 5.41) is 29.9. The second-order valence-electron chi connectivity index (χ2n) is 8.11. The van der Waals surface area contributed by atoms with E-state index < -0.39 is 35.0 Å². The van der Waals surface area contributed by atoms with Crippen LogP contribution in [0.1, 0.15) is 38.4 Å². The first-order valence-electron chi connectivity index (χ1n) is 10.6. The van der Waals surface area contributed by atoms with Crippen LogP contribution in [-0.2, 0) is 15.2 Å². The van der Waals surface area contributed by atoms with E-state index in [1.807, 2.05) is 24.3 Å². The van der Waals surface area contributed by atoms with Gasteiger partial charge in [0.15, 0.2) is 0 Å². The summed E-state index contributed by atoms with van der Waals surface area (Å²) in [6.07, 6.45) is 0.727. The number of hydrogen-bond acceptors (Lipinski definition) is 5. The van der Waals surface area contributed by atoms with Gasteiger partial charge in [0.05, 0.1) is 18.6 Å². The van der Waals surface area contributed by atoms with E-state index in [9.17, 15) is 19.4 Å². The maximum absolute atomic E-state index is 13.5. The molecule has 9 nitrogen and oxygen atoms in total. The summed E-state index contributed by atoms with van der Waals surface area (Å²) in [6, 6.07) is 14.4. The van der Waals surface area contributed by atoms with Crippen LogP contribution in [0.3, 0.4) is 0 Å². The molecule has 0 fully saturated rings. The predicted molar refractivity (Wildman–Crippen MR) is 130 cm³/mol. The van der Waals surface area contributed by atoms with Gasteiger partial charge in [0.25, 0.3) is 0 Å². The number of benzene rings is 2. The zero-order chi connectivity index (χ0) is 26.3. The normalized spacial score (nSPS) is 13.6.